The van der Waals surface area contributed by atoms with Crippen molar-refractivity contribution in [3.63, 3.8) is 0 Å². The number of carbonyl (C=O) groups is 2. The van der Waals surface area contributed by atoms with Gasteiger partial charge in [-0.2, -0.15) is 4.98 Å². The maximum Gasteiger partial charge on any atom is 0.261 e. The van der Waals surface area contributed by atoms with Crippen molar-refractivity contribution in [1.29, 1.82) is 0 Å². The molecule has 2 aromatic heterocycles. The van der Waals surface area contributed by atoms with E-state index in [1.165, 1.54) is 28.2 Å². The van der Waals surface area contributed by atoms with Crippen LogP contribution in [-0.2, 0) is 19.4 Å². The van der Waals surface area contributed by atoms with E-state index in [4.69, 9.17) is 4.52 Å². The lowest BCUT2D eigenvalue weighted by atomic mass is 9.99. The summed E-state index contributed by atoms with van der Waals surface area (Å²) in [5.74, 6) is 0.484. The molecule has 0 unspecified atom stereocenters. The Morgan fingerprint density at radius 1 is 1.21 bits per heavy atom. The maximum absolute atomic E-state index is 12.5. The number of aromatic nitrogens is 2. The van der Waals surface area contributed by atoms with Gasteiger partial charge in [-0.25, -0.2) is 0 Å². The molecule has 1 aliphatic rings. The third-order valence-corrected chi connectivity index (χ3v) is 6.10. The van der Waals surface area contributed by atoms with Crippen LogP contribution in [0, 0.1) is 0 Å². The number of amides is 2. The van der Waals surface area contributed by atoms with Gasteiger partial charge in [0.05, 0.1) is 11.4 Å². The van der Waals surface area contributed by atoms with E-state index in [2.05, 4.69) is 15.5 Å². The summed E-state index contributed by atoms with van der Waals surface area (Å²) in [6.07, 6.45) is 4.51. The number of hydrogen-bond donors (Lipinski definition) is 1. The highest BCUT2D eigenvalue weighted by atomic mass is 32.1. The van der Waals surface area contributed by atoms with Crippen LogP contribution in [0.3, 0.4) is 0 Å². The van der Waals surface area contributed by atoms with E-state index in [1.807, 2.05) is 12.1 Å². The van der Waals surface area contributed by atoms with Crippen LogP contribution in [0.15, 0.2) is 34.9 Å². The summed E-state index contributed by atoms with van der Waals surface area (Å²) < 4.78 is 5.27. The topological polar surface area (TPSA) is 88.3 Å². The molecular weight excluding hydrogens is 388 g/mol. The van der Waals surface area contributed by atoms with Crippen molar-refractivity contribution in [2.24, 2.45) is 0 Å². The number of aryl methyl sites for hydroxylation is 2. The van der Waals surface area contributed by atoms with Gasteiger partial charge in [0.2, 0.25) is 11.7 Å². The zero-order valence-corrected chi connectivity index (χ0v) is 17.2. The lowest BCUT2D eigenvalue weighted by molar-refractivity contribution is 0.0827. The van der Waals surface area contributed by atoms with E-state index in [0.29, 0.717) is 22.8 Å². The number of fused-ring (bicyclic) bond motifs is 1. The van der Waals surface area contributed by atoms with Crippen molar-refractivity contribution in [2.75, 3.05) is 14.1 Å². The average Bonchev–Trinajstić information content (AvgIpc) is 3.38. The SMILES string of the molecule is CN(C)C(=O)c1cccc(-c2noc(CNC(=O)c3cc4c(s3)CCCC4)n2)c1. The minimum atomic E-state index is -0.122. The third-order valence-electron chi connectivity index (χ3n) is 4.86. The van der Waals surface area contributed by atoms with Crippen molar-refractivity contribution >= 4 is 23.2 Å². The summed E-state index contributed by atoms with van der Waals surface area (Å²) in [4.78, 5) is 32.5. The van der Waals surface area contributed by atoms with Gasteiger partial charge in [-0.1, -0.05) is 17.3 Å². The molecule has 3 aromatic rings. The van der Waals surface area contributed by atoms with E-state index >= 15 is 0 Å². The number of thiophene rings is 1. The summed E-state index contributed by atoms with van der Waals surface area (Å²) in [6, 6.07) is 9.07. The van der Waals surface area contributed by atoms with E-state index in [-0.39, 0.29) is 18.4 Å². The van der Waals surface area contributed by atoms with Gasteiger partial charge in [-0.15, -0.1) is 11.3 Å². The van der Waals surface area contributed by atoms with Crippen LogP contribution in [0.1, 0.15) is 49.2 Å². The Bertz CT molecular complexity index is 1030. The van der Waals surface area contributed by atoms with Gasteiger partial charge in [0.1, 0.15) is 0 Å². The molecule has 1 aromatic carbocycles. The highest BCUT2D eigenvalue weighted by molar-refractivity contribution is 7.14. The minimum Gasteiger partial charge on any atom is -0.345 e. The summed E-state index contributed by atoms with van der Waals surface area (Å²) in [5.41, 5.74) is 2.54. The Morgan fingerprint density at radius 3 is 2.83 bits per heavy atom. The van der Waals surface area contributed by atoms with Crippen LogP contribution in [0.2, 0.25) is 0 Å². The van der Waals surface area contributed by atoms with E-state index in [1.54, 1.807) is 43.6 Å². The van der Waals surface area contributed by atoms with Gasteiger partial charge in [0, 0.05) is 30.1 Å². The highest BCUT2D eigenvalue weighted by Crippen LogP contribution is 2.29. The number of benzene rings is 1. The Labute approximate surface area is 172 Å². The average molecular weight is 410 g/mol. The highest BCUT2D eigenvalue weighted by Gasteiger charge is 2.18. The van der Waals surface area contributed by atoms with Gasteiger partial charge in [-0.3, -0.25) is 9.59 Å². The van der Waals surface area contributed by atoms with Crippen LogP contribution < -0.4 is 5.32 Å². The fourth-order valence-electron chi connectivity index (χ4n) is 3.34. The van der Waals surface area contributed by atoms with E-state index < -0.39 is 0 Å². The van der Waals surface area contributed by atoms with Gasteiger partial charge in [0.25, 0.3) is 11.8 Å². The lowest BCUT2D eigenvalue weighted by Crippen LogP contribution is -2.22. The molecule has 150 valence electrons. The number of hydrogen-bond acceptors (Lipinski definition) is 6. The summed E-state index contributed by atoms with van der Waals surface area (Å²) in [6.45, 7) is 0.157. The molecular formula is C21H22N4O3S. The summed E-state index contributed by atoms with van der Waals surface area (Å²) in [5, 5.41) is 6.82. The zero-order valence-electron chi connectivity index (χ0n) is 16.4. The second kappa shape index (κ2) is 8.16. The van der Waals surface area contributed by atoms with Gasteiger partial charge >= 0.3 is 0 Å². The molecule has 7 nitrogen and oxygen atoms in total. The van der Waals surface area contributed by atoms with Gasteiger partial charge in [-0.05, 0) is 49.4 Å². The van der Waals surface area contributed by atoms with Crippen molar-refractivity contribution in [1.82, 2.24) is 20.4 Å². The van der Waals surface area contributed by atoms with Crippen molar-refractivity contribution in [3.05, 3.63) is 57.1 Å². The van der Waals surface area contributed by atoms with Crippen molar-refractivity contribution < 1.29 is 14.1 Å². The first-order chi connectivity index (χ1) is 14.0. The third kappa shape index (κ3) is 4.22. The quantitative estimate of drug-likeness (QED) is 0.697. The number of carbonyl (C=O) groups excluding carboxylic acids is 2. The summed E-state index contributed by atoms with van der Waals surface area (Å²) >= 11 is 1.57. The van der Waals surface area contributed by atoms with Gasteiger partial charge in [0.15, 0.2) is 0 Å². The molecule has 4 rings (SSSR count). The molecule has 0 saturated carbocycles. The van der Waals surface area contributed by atoms with Crippen LogP contribution in [0.4, 0.5) is 0 Å². The second-order valence-corrected chi connectivity index (χ2v) is 8.38. The summed E-state index contributed by atoms with van der Waals surface area (Å²) in [7, 11) is 3.41. The van der Waals surface area contributed by atoms with Crippen LogP contribution >= 0.6 is 11.3 Å². The zero-order chi connectivity index (χ0) is 20.4. The molecule has 0 radical (unpaired) electrons. The molecule has 2 heterocycles. The molecule has 0 aliphatic heterocycles. The Kier molecular flexibility index (Phi) is 5.44. The molecule has 1 aliphatic carbocycles. The van der Waals surface area contributed by atoms with Crippen LogP contribution in [0.5, 0.6) is 0 Å². The first-order valence-electron chi connectivity index (χ1n) is 9.55. The van der Waals surface area contributed by atoms with Crippen LogP contribution in [0.25, 0.3) is 11.4 Å². The first-order valence-corrected chi connectivity index (χ1v) is 10.4. The van der Waals surface area contributed by atoms with Gasteiger partial charge < -0.3 is 14.7 Å². The lowest BCUT2D eigenvalue weighted by Gasteiger charge is -2.10. The molecule has 0 atom stereocenters. The normalized spacial score (nSPS) is 13.0. The monoisotopic (exact) mass is 410 g/mol. The Hall–Kier alpha value is -3.00. The fraction of sp³-hybridized carbons (Fsp3) is 0.333. The molecule has 1 N–H and O–H groups in total. The smallest absolute Gasteiger partial charge is 0.261 e. The van der Waals surface area contributed by atoms with Crippen LogP contribution in [-0.4, -0.2) is 41.0 Å². The molecule has 0 saturated heterocycles. The van der Waals surface area contributed by atoms with Crippen molar-refractivity contribution in [2.45, 2.75) is 32.2 Å². The largest absolute Gasteiger partial charge is 0.345 e. The molecule has 29 heavy (non-hydrogen) atoms. The number of nitrogens with zero attached hydrogens (tertiary/aromatic N) is 3. The van der Waals surface area contributed by atoms with E-state index in [0.717, 1.165) is 17.7 Å². The van der Waals surface area contributed by atoms with Crippen molar-refractivity contribution in [3.8, 4) is 11.4 Å². The molecule has 2 amide bonds. The predicted molar refractivity (Wildman–Crippen MR) is 110 cm³/mol. The minimum absolute atomic E-state index is 0.0959. The van der Waals surface area contributed by atoms with E-state index in [9.17, 15) is 9.59 Å². The maximum atomic E-state index is 12.5. The first kappa shape index (κ1) is 19.3. The number of rotatable bonds is 5. The fourth-order valence-corrected chi connectivity index (χ4v) is 4.51. The standard InChI is InChI=1S/C21H22N4O3S/c1-25(2)21(27)15-8-5-7-14(10-15)19-23-18(28-24-19)12-22-20(26)17-11-13-6-3-4-9-16(13)29-17/h5,7-8,10-11H,3-4,6,9,12H2,1-2H3,(H,22,26). The molecule has 0 bridgehead atoms. The Balaban J connectivity index is 1.42. The molecule has 8 heteroatoms. The molecule has 0 spiro atoms. The predicted octanol–water partition coefficient (Wildman–Crippen LogP) is 3.31. The Morgan fingerprint density at radius 2 is 2.03 bits per heavy atom. The molecule has 0 fully saturated rings. The number of nitrogens with one attached hydrogen (secondary N) is 1. The second-order valence-electron chi connectivity index (χ2n) is 7.24.